The third-order valence-corrected chi connectivity index (χ3v) is 3.99. The lowest BCUT2D eigenvalue weighted by atomic mass is 9.90. The first-order valence-electron chi connectivity index (χ1n) is 7.15. The predicted octanol–water partition coefficient (Wildman–Crippen LogP) is 2.08. The van der Waals surface area contributed by atoms with Crippen LogP contribution >= 0.6 is 0 Å². The Morgan fingerprint density at radius 2 is 1.86 bits per heavy atom. The van der Waals surface area contributed by atoms with Gasteiger partial charge in [-0.15, -0.1) is 0 Å². The zero-order valence-electron chi connectivity index (χ0n) is 11.8. The number of nitrogens with zero attached hydrogens (tertiary/aromatic N) is 3. The second-order valence-electron chi connectivity index (χ2n) is 5.32. The average molecular weight is 282 g/mol. The molecule has 2 aromatic rings. The van der Waals surface area contributed by atoms with Crippen molar-refractivity contribution in [1.29, 1.82) is 0 Å². The smallest absolute Gasteiger partial charge is 0.255 e. The molecule has 1 aliphatic heterocycles. The van der Waals surface area contributed by atoms with E-state index in [4.69, 9.17) is 5.73 Å². The van der Waals surface area contributed by atoms with Crippen molar-refractivity contribution in [2.75, 3.05) is 18.8 Å². The number of anilines is 1. The maximum Gasteiger partial charge on any atom is 0.255 e. The highest BCUT2D eigenvalue weighted by Crippen LogP contribution is 2.28. The number of pyridine rings is 2. The molecule has 5 nitrogen and oxygen atoms in total. The number of likely N-dealkylation sites (tertiary alicyclic amines) is 1. The number of piperidine rings is 1. The summed E-state index contributed by atoms with van der Waals surface area (Å²) in [5.41, 5.74) is 7.46. The number of hydrogen-bond donors (Lipinski definition) is 1. The number of hydrogen-bond acceptors (Lipinski definition) is 4. The van der Waals surface area contributed by atoms with Crippen LogP contribution in [0.15, 0.2) is 42.9 Å². The predicted molar refractivity (Wildman–Crippen MR) is 80.8 cm³/mol. The molecule has 0 radical (unpaired) electrons. The molecule has 3 heterocycles. The fraction of sp³-hybridized carbons (Fsp3) is 0.312. The summed E-state index contributed by atoms with van der Waals surface area (Å²) in [6.45, 7) is 1.55. The second kappa shape index (κ2) is 5.91. The molecule has 0 bridgehead atoms. The van der Waals surface area contributed by atoms with E-state index < -0.39 is 0 Å². The normalized spacial score (nSPS) is 15.9. The van der Waals surface area contributed by atoms with Gasteiger partial charge in [0.05, 0.1) is 5.56 Å². The van der Waals surface area contributed by atoms with Crippen molar-refractivity contribution in [3.05, 3.63) is 54.0 Å². The number of nitrogens with two attached hydrogens (primary N) is 1. The quantitative estimate of drug-likeness (QED) is 0.915. The molecule has 2 aromatic heterocycles. The highest BCUT2D eigenvalue weighted by Gasteiger charge is 2.24. The molecule has 0 spiro atoms. The largest absolute Gasteiger partial charge is 0.384 e. The second-order valence-corrected chi connectivity index (χ2v) is 5.32. The van der Waals surface area contributed by atoms with E-state index in [1.807, 2.05) is 17.3 Å². The van der Waals surface area contributed by atoms with Crippen LogP contribution in [-0.2, 0) is 0 Å². The zero-order chi connectivity index (χ0) is 14.7. The van der Waals surface area contributed by atoms with Gasteiger partial charge in [-0.05, 0) is 48.6 Å². The Balaban J connectivity index is 1.63. The van der Waals surface area contributed by atoms with Crippen LogP contribution in [0, 0.1) is 0 Å². The summed E-state index contributed by atoms with van der Waals surface area (Å²) in [5, 5.41) is 0. The number of carbonyl (C=O) groups is 1. The molecule has 1 amide bonds. The van der Waals surface area contributed by atoms with E-state index in [9.17, 15) is 4.79 Å². The minimum absolute atomic E-state index is 0.0377. The van der Waals surface area contributed by atoms with Gasteiger partial charge in [0.2, 0.25) is 0 Å². The number of amides is 1. The molecule has 1 aliphatic rings. The molecule has 0 aromatic carbocycles. The first kappa shape index (κ1) is 13.5. The summed E-state index contributed by atoms with van der Waals surface area (Å²) in [6.07, 6.45) is 7.17. The van der Waals surface area contributed by atoms with Crippen molar-refractivity contribution in [2.24, 2.45) is 0 Å². The van der Waals surface area contributed by atoms with Crippen LogP contribution in [0.2, 0.25) is 0 Å². The lowest BCUT2D eigenvalue weighted by Crippen LogP contribution is -2.38. The van der Waals surface area contributed by atoms with Gasteiger partial charge >= 0.3 is 0 Å². The Hall–Kier alpha value is -2.43. The molecule has 0 saturated carbocycles. The van der Waals surface area contributed by atoms with E-state index in [1.165, 1.54) is 5.56 Å². The van der Waals surface area contributed by atoms with Gasteiger partial charge in [0.1, 0.15) is 5.82 Å². The van der Waals surface area contributed by atoms with Crippen molar-refractivity contribution in [1.82, 2.24) is 14.9 Å². The molecule has 5 heteroatoms. The van der Waals surface area contributed by atoms with Crippen molar-refractivity contribution in [2.45, 2.75) is 18.8 Å². The highest BCUT2D eigenvalue weighted by atomic mass is 16.2. The number of aromatic nitrogens is 2. The topological polar surface area (TPSA) is 72.1 Å². The molecule has 108 valence electrons. The lowest BCUT2D eigenvalue weighted by Gasteiger charge is -2.32. The van der Waals surface area contributed by atoms with E-state index in [2.05, 4.69) is 22.1 Å². The van der Waals surface area contributed by atoms with Crippen LogP contribution < -0.4 is 5.73 Å². The molecule has 21 heavy (non-hydrogen) atoms. The van der Waals surface area contributed by atoms with Gasteiger partial charge in [-0.3, -0.25) is 9.78 Å². The van der Waals surface area contributed by atoms with Crippen molar-refractivity contribution in [3.63, 3.8) is 0 Å². The van der Waals surface area contributed by atoms with E-state index in [-0.39, 0.29) is 5.91 Å². The molecule has 1 fully saturated rings. The lowest BCUT2D eigenvalue weighted by molar-refractivity contribution is 0.0712. The molecule has 1 saturated heterocycles. The van der Waals surface area contributed by atoms with E-state index in [0.29, 0.717) is 17.3 Å². The third kappa shape index (κ3) is 3.02. The van der Waals surface area contributed by atoms with Crippen LogP contribution in [0.4, 0.5) is 5.82 Å². The van der Waals surface area contributed by atoms with Crippen LogP contribution in [0.1, 0.15) is 34.7 Å². The Kier molecular flexibility index (Phi) is 3.81. The summed E-state index contributed by atoms with van der Waals surface area (Å²) in [5.74, 6) is 0.986. The standard InChI is InChI=1S/C16H18N4O/c17-15-2-1-14(11-19-15)16(21)20-9-5-13(6-10-20)12-3-7-18-8-4-12/h1-4,7-8,11,13H,5-6,9-10H2,(H2,17,19). The summed E-state index contributed by atoms with van der Waals surface area (Å²) < 4.78 is 0. The zero-order valence-corrected chi connectivity index (χ0v) is 11.8. The Bertz CT molecular complexity index is 604. The van der Waals surface area contributed by atoms with Gasteiger partial charge in [-0.1, -0.05) is 0 Å². The summed E-state index contributed by atoms with van der Waals surface area (Å²) in [4.78, 5) is 22.3. The van der Waals surface area contributed by atoms with Gasteiger partial charge < -0.3 is 10.6 Å². The van der Waals surface area contributed by atoms with Crippen LogP contribution in [0.3, 0.4) is 0 Å². The van der Waals surface area contributed by atoms with Crippen LogP contribution in [0.25, 0.3) is 0 Å². The molecule has 0 aliphatic carbocycles. The summed E-state index contributed by atoms with van der Waals surface area (Å²) in [6, 6.07) is 7.52. The minimum atomic E-state index is 0.0377. The molecule has 3 rings (SSSR count). The fourth-order valence-electron chi connectivity index (χ4n) is 2.77. The van der Waals surface area contributed by atoms with Gasteiger partial charge in [0.25, 0.3) is 5.91 Å². The van der Waals surface area contributed by atoms with Gasteiger partial charge in [0.15, 0.2) is 0 Å². The Labute approximate surface area is 123 Å². The molecule has 0 atom stereocenters. The SMILES string of the molecule is Nc1ccc(C(=O)N2CCC(c3ccncc3)CC2)cn1. The van der Waals surface area contributed by atoms with E-state index in [1.54, 1.807) is 18.3 Å². The van der Waals surface area contributed by atoms with Gasteiger partial charge in [-0.2, -0.15) is 0 Å². The summed E-state index contributed by atoms with van der Waals surface area (Å²) in [7, 11) is 0. The molecule has 2 N–H and O–H groups in total. The summed E-state index contributed by atoms with van der Waals surface area (Å²) >= 11 is 0. The van der Waals surface area contributed by atoms with E-state index >= 15 is 0 Å². The molecular weight excluding hydrogens is 264 g/mol. The Morgan fingerprint density at radius 1 is 1.14 bits per heavy atom. The fourth-order valence-corrected chi connectivity index (χ4v) is 2.77. The molecular formula is C16H18N4O. The van der Waals surface area contributed by atoms with Gasteiger partial charge in [0, 0.05) is 31.7 Å². The van der Waals surface area contributed by atoms with Crippen molar-refractivity contribution < 1.29 is 4.79 Å². The highest BCUT2D eigenvalue weighted by molar-refractivity contribution is 5.94. The Morgan fingerprint density at radius 3 is 2.48 bits per heavy atom. The van der Waals surface area contributed by atoms with Crippen molar-refractivity contribution in [3.8, 4) is 0 Å². The monoisotopic (exact) mass is 282 g/mol. The third-order valence-electron chi connectivity index (χ3n) is 3.99. The first-order chi connectivity index (χ1) is 10.2. The van der Waals surface area contributed by atoms with E-state index in [0.717, 1.165) is 25.9 Å². The van der Waals surface area contributed by atoms with Crippen LogP contribution in [-0.4, -0.2) is 33.9 Å². The minimum Gasteiger partial charge on any atom is -0.384 e. The van der Waals surface area contributed by atoms with Crippen LogP contribution in [0.5, 0.6) is 0 Å². The number of nitrogen functional groups attached to an aromatic ring is 1. The molecule has 0 unspecified atom stereocenters. The first-order valence-corrected chi connectivity index (χ1v) is 7.15. The average Bonchev–Trinajstić information content (AvgIpc) is 2.56. The number of carbonyl (C=O) groups excluding carboxylic acids is 1. The van der Waals surface area contributed by atoms with Gasteiger partial charge in [-0.25, -0.2) is 4.98 Å². The maximum absolute atomic E-state index is 12.4. The number of rotatable bonds is 2. The maximum atomic E-state index is 12.4. The van der Waals surface area contributed by atoms with Crippen molar-refractivity contribution >= 4 is 11.7 Å².